The lowest BCUT2D eigenvalue weighted by Gasteiger charge is -2.00. The molecule has 0 aliphatic heterocycles. The van der Waals surface area contributed by atoms with Crippen molar-refractivity contribution in [2.75, 3.05) is 18.1 Å². The summed E-state index contributed by atoms with van der Waals surface area (Å²) >= 11 is 0. The summed E-state index contributed by atoms with van der Waals surface area (Å²) in [6.45, 7) is 0.817. The smallest absolute Gasteiger partial charge is 0.267 e. The summed E-state index contributed by atoms with van der Waals surface area (Å²) in [6, 6.07) is 0. The molecule has 0 bridgehead atoms. The van der Waals surface area contributed by atoms with Gasteiger partial charge in [0.1, 0.15) is 5.75 Å². The Morgan fingerprint density at radius 1 is 1.25 bits per heavy atom. The predicted molar refractivity (Wildman–Crippen MR) is 41.8 cm³/mol. The molecule has 74 valence electrons. The van der Waals surface area contributed by atoms with Crippen molar-refractivity contribution in [2.45, 2.75) is 6.92 Å². The summed E-state index contributed by atoms with van der Waals surface area (Å²) in [7, 11) is -7.76. The van der Waals surface area contributed by atoms with Crippen LogP contribution in [-0.2, 0) is 24.4 Å². The summed E-state index contributed by atoms with van der Waals surface area (Å²) in [6.07, 6.45) is 0. The Labute approximate surface area is 71.4 Å². The average molecular weight is 218 g/mol. The van der Waals surface area contributed by atoms with Crippen LogP contribution in [0, 0.1) is 0 Å². The molecular weight excluding hydrogens is 208 g/mol. The fourth-order valence-electron chi connectivity index (χ4n) is 0.350. The zero-order chi connectivity index (χ0) is 9.83. The third-order valence-electron chi connectivity index (χ3n) is 0.958. The van der Waals surface area contributed by atoms with Gasteiger partial charge in [-0.05, 0) is 6.92 Å². The van der Waals surface area contributed by atoms with Gasteiger partial charge in [-0.15, -0.1) is 0 Å². The molecule has 0 amide bonds. The van der Waals surface area contributed by atoms with Gasteiger partial charge in [0.25, 0.3) is 20.2 Å². The lowest BCUT2D eigenvalue weighted by molar-refractivity contribution is 0.335. The van der Waals surface area contributed by atoms with Crippen molar-refractivity contribution in [3.63, 3.8) is 0 Å². The number of hydrogen-bond donors (Lipinski definition) is 1. The molecule has 0 heterocycles. The molecule has 0 unspecified atom stereocenters. The molecule has 0 aromatic heterocycles. The van der Waals surface area contributed by atoms with Gasteiger partial charge in [-0.2, -0.15) is 16.8 Å². The van der Waals surface area contributed by atoms with Crippen LogP contribution in [0.3, 0.4) is 0 Å². The zero-order valence-corrected chi connectivity index (χ0v) is 8.06. The van der Waals surface area contributed by atoms with Gasteiger partial charge < -0.3 is 0 Å². The number of hydrogen-bond acceptors (Lipinski definition) is 5. The van der Waals surface area contributed by atoms with E-state index in [0.29, 0.717) is 0 Å². The first-order chi connectivity index (χ1) is 5.27. The summed E-state index contributed by atoms with van der Waals surface area (Å²) in [4.78, 5) is 0. The van der Waals surface area contributed by atoms with Gasteiger partial charge >= 0.3 is 0 Å². The lowest BCUT2D eigenvalue weighted by atomic mass is 10.9. The highest BCUT2D eigenvalue weighted by molar-refractivity contribution is 7.87. The van der Waals surface area contributed by atoms with Gasteiger partial charge in [-0.3, -0.25) is 8.74 Å². The van der Waals surface area contributed by atoms with E-state index in [1.54, 1.807) is 0 Å². The monoisotopic (exact) mass is 218 g/mol. The van der Waals surface area contributed by atoms with Crippen LogP contribution < -0.4 is 0 Å². The van der Waals surface area contributed by atoms with Crippen LogP contribution in [0.1, 0.15) is 6.92 Å². The normalized spacial score (nSPS) is 13.2. The van der Waals surface area contributed by atoms with E-state index in [4.69, 9.17) is 4.55 Å². The van der Waals surface area contributed by atoms with Gasteiger partial charge in [0, 0.05) is 0 Å². The molecule has 0 aliphatic carbocycles. The molecule has 0 saturated heterocycles. The minimum absolute atomic E-state index is 0.224. The highest BCUT2D eigenvalue weighted by atomic mass is 32.2. The topological polar surface area (TPSA) is 97.7 Å². The van der Waals surface area contributed by atoms with E-state index in [1.165, 1.54) is 6.92 Å². The fourth-order valence-corrected chi connectivity index (χ4v) is 1.25. The second-order valence-corrected chi connectivity index (χ2v) is 5.45. The van der Waals surface area contributed by atoms with Crippen molar-refractivity contribution >= 4 is 20.2 Å². The average Bonchev–Trinajstić information content (AvgIpc) is 1.84. The van der Waals surface area contributed by atoms with Crippen LogP contribution in [-0.4, -0.2) is 39.5 Å². The zero-order valence-electron chi connectivity index (χ0n) is 6.43. The van der Waals surface area contributed by atoms with Crippen LogP contribution in [0.4, 0.5) is 0 Å². The van der Waals surface area contributed by atoms with Gasteiger partial charge in [-0.1, -0.05) is 0 Å². The molecule has 8 heteroatoms. The summed E-state index contributed by atoms with van der Waals surface area (Å²) < 4.78 is 53.7. The first kappa shape index (κ1) is 11.8. The SMILES string of the molecule is CCS(=O)(=O)OCCS(=O)(=O)O. The lowest BCUT2D eigenvalue weighted by Crippen LogP contribution is -2.15. The van der Waals surface area contributed by atoms with Gasteiger partial charge in [0.05, 0.1) is 12.4 Å². The van der Waals surface area contributed by atoms with Crippen LogP contribution in [0.15, 0.2) is 0 Å². The number of rotatable bonds is 5. The van der Waals surface area contributed by atoms with Gasteiger partial charge in [-0.25, -0.2) is 0 Å². The molecule has 0 aliphatic rings. The van der Waals surface area contributed by atoms with Crippen molar-refractivity contribution in [3.8, 4) is 0 Å². The maximum atomic E-state index is 10.6. The van der Waals surface area contributed by atoms with E-state index < -0.39 is 32.6 Å². The largest absolute Gasteiger partial charge is 0.285 e. The second-order valence-electron chi connectivity index (χ2n) is 1.95. The molecular formula is C4H10O6S2. The van der Waals surface area contributed by atoms with E-state index in [9.17, 15) is 16.8 Å². The Morgan fingerprint density at radius 3 is 2.08 bits per heavy atom. The molecule has 0 spiro atoms. The van der Waals surface area contributed by atoms with Crippen molar-refractivity contribution < 1.29 is 25.6 Å². The minimum atomic E-state index is -4.14. The molecule has 0 rings (SSSR count). The van der Waals surface area contributed by atoms with Crippen LogP contribution >= 0.6 is 0 Å². The molecule has 0 radical (unpaired) electrons. The summed E-state index contributed by atoms with van der Waals surface area (Å²) in [5.74, 6) is -0.940. The molecule has 0 atom stereocenters. The van der Waals surface area contributed by atoms with Crippen LogP contribution in [0.2, 0.25) is 0 Å². The van der Waals surface area contributed by atoms with Crippen LogP contribution in [0.25, 0.3) is 0 Å². The third kappa shape index (κ3) is 6.53. The Kier molecular flexibility index (Phi) is 4.11. The molecule has 12 heavy (non-hydrogen) atoms. The molecule has 0 fully saturated rings. The standard InChI is InChI=1S/C4H10O6S2/c1-2-12(8,9)10-3-4-11(5,6)7/h2-4H2,1H3,(H,5,6,7). The van der Waals surface area contributed by atoms with Crippen molar-refractivity contribution in [1.29, 1.82) is 0 Å². The predicted octanol–water partition coefficient (Wildman–Crippen LogP) is -0.759. The highest BCUT2D eigenvalue weighted by Crippen LogP contribution is 1.93. The van der Waals surface area contributed by atoms with E-state index in [0.717, 1.165) is 0 Å². The molecule has 0 saturated carbocycles. The maximum Gasteiger partial charge on any atom is 0.267 e. The highest BCUT2D eigenvalue weighted by Gasteiger charge is 2.10. The Balaban J connectivity index is 3.89. The van der Waals surface area contributed by atoms with Crippen LogP contribution in [0.5, 0.6) is 0 Å². The Hall–Kier alpha value is -0.180. The van der Waals surface area contributed by atoms with Crippen molar-refractivity contribution in [1.82, 2.24) is 0 Å². The summed E-state index contributed by atoms with van der Waals surface area (Å²) in [5.41, 5.74) is 0. The van der Waals surface area contributed by atoms with E-state index >= 15 is 0 Å². The molecule has 0 aromatic carbocycles. The minimum Gasteiger partial charge on any atom is -0.285 e. The molecule has 6 nitrogen and oxygen atoms in total. The van der Waals surface area contributed by atoms with E-state index in [-0.39, 0.29) is 5.75 Å². The maximum absolute atomic E-state index is 10.6. The van der Waals surface area contributed by atoms with Gasteiger partial charge in [0.2, 0.25) is 0 Å². The first-order valence-corrected chi connectivity index (χ1v) is 6.28. The van der Waals surface area contributed by atoms with E-state index in [1.807, 2.05) is 0 Å². The van der Waals surface area contributed by atoms with E-state index in [2.05, 4.69) is 4.18 Å². The van der Waals surface area contributed by atoms with Crippen molar-refractivity contribution in [3.05, 3.63) is 0 Å². The van der Waals surface area contributed by atoms with Gasteiger partial charge in [0.15, 0.2) is 0 Å². The Bertz CT molecular complexity index is 311. The third-order valence-corrected chi connectivity index (χ3v) is 2.87. The Morgan fingerprint density at radius 2 is 1.75 bits per heavy atom. The van der Waals surface area contributed by atoms with Crippen molar-refractivity contribution in [2.24, 2.45) is 0 Å². The quantitative estimate of drug-likeness (QED) is 0.481. The summed E-state index contributed by atoms with van der Waals surface area (Å²) in [5, 5.41) is 0. The fraction of sp³-hybridized carbons (Fsp3) is 1.00. The second kappa shape index (κ2) is 4.17. The molecule has 0 aromatic rings. The first-order valence-electron chi connectivity index (χ1n) is 3.09. The molecule has 1 N–H and O–H groups in total.